The van der Waals surface area contributed by atoms with Crippen molar-refractivity contribution in [3.05, 3.63) is 11.9 Å². The maximum atomic E-state index is 4.85. The Labute approximate surface area is 59.8 Å². The molecule has 0 aliphatic heterocycles. The highest BCUT2D eigenvalue weighted by Gasteiger charge is 1.92. The number of aromatic nitrogens is 3. The molecular weight excluding hydrogens is 130 g/mol. The molecule has 56 valence electrons. The fourth-order valence-corrected chi connectivity index (χ4v) is 0.665. The van der Waals surface area contributed by atoms with Gasteiger partial charge in [-0.2, -0.15) is 15.0 Å². The highest BCUT2D eigenvalue weighted by atomic mass is 16.5. The molecule has 0 aromatic carbocycles. The second-order valence-electron chi connectivity index (χ2n) is 2.07. The van der Waals surface area contributed by atoms with Crippen molar-refractivity contribution in [1.82, 2.24) is 15.0 Å². The smallest absolute Gasteiger partial charge is 0.0841 e. The van der Waals surface area contributed by atoms with Crippen molar-refractivity contribution in [2.45, 2.75) is 13.5 Å². The number of rotatable bonds is 3. The zero-order valence-corrected chi connectivity index (χ0v) is 6.24. The standard InChI is InChI=1S/C6H11N3O/c1-6-5-7-9(8-6)3-4-10-2/h5H,3-4H2,1-2H3. The summed E-state index contributed by atoms with van der Waals surface area (Å²) in [5.74, 6) is 0. The fraction of sp³-hybridized carbons (Fsp3) is 0.667. The largest absolute Gasteiger partial charge is 0.383 e. The van der Waals surface area contributed by atoms with Gasteiger partial charge in [-0.25, -0.2) is 0 Å². The number of methoxy groups -OCH3 is 1. The van der Waals surface area contributed by atoms with Crippen molar-refractivity contribution in [3.63, 3.8) is 0 Å². The van der Waals surface area contributed by atoms with Gasteiger partial charge in [0.25, 0.3) is 0 Å². The summed E-state index contributed by atoms with van der Waals surface area (Å²) >= 11 is 0. The molecular formula is C6H11N3O. The second-order valence-corrected chi connectivity index (χ2v) is 2.07. The molecule has 0 aliphatic carbocycles. The van der Waals surface area contributed by atoms with E-state index in [-0.39, 0.29) is 0 Å². The normalized spacial score (nSPS) is 10.2. The zero-order valence-electron chi connectivity index (χ0n) is 6.24. The van der Waals surface area contributed by atoms with E-state index in [4.69, 9.17) is 4.74 Å². The number of nitrogens with zero attached hydrogens (tertiary/aromatic N) is 3. The van der Waals surface area contributed by atoms with E-state index in [1.807, 2.05) is 6.92 Å². The van der Waals surface area contributed by atoms with E-state index in [9.17, 15) is 0 Å². The lowest BCUT2D eigenvalue weighted by Gasteiger charge is -1.95. The van der Waals surface area contributed by atoms with Crippen LogP contribution in [-0.2, 0) is 11.3 Å². The third-order valence-electron chi connectivity index (χ3n) is 1.15. The minimum Gasteiger partial charge on any atom is -0.383 e. The molecule has 0 radical (unpaired) electrons. The van der Waals surface area contributed by atoms with Gasteiger partial charge >= 0.3 is 0 Å². The van der Waals surface area contributed by atoms with E-state index in [2.05, 4.69) is 10.2 Å². The van der Waals surface area contributed by atoms with Gasteiger partial charge in [-0.15, -0.1) is 0 Å². The topological polar surface area (TPSA) is 39.9 Å². The van der Waals surface area contributed by atoms with Crippen LogP contribution in [0.1, 0.15) is 5.69 Å². The molecule has 1 rings (SSSR count). The maximum Gasteiger partial charge on any atom is 0.0841 e. The summed E-state index contributed by atoms with van der Waals surface area (Å²) in [6, 6.07) is 0. The zero-order chi connectivity index (χ0) is 7.40. The highest BCUT2D eigenvalue weighted by molar-refractivity contribution is 4.84. The summed E-state index contributed by atoms with van der Waals surface area (Å²) < 4.78 is 4.85. The Hall–Kier alpha value is -0.900. The molecule has 1 aromatic heterocycles. The van der Waals surface area contributed by atoms with E-state index in [0.717, 1.165) is 12.2 Å². The summed E-state index contributed by atoms with van der Waals surface area (Å²) in [5, 5.41) is 8.05. The minimum atomic E-state index is 0.661. The van der Waals surface area contributed by atoms with Crippen LogP contribution < -0.4 is 0 Å². The molecule has 4 nitrogen and oxygen atoms in total. The predicted octanol–water partition coefficient (Wildman–Crippen LogP) is 0.233. The van der Waals surface area contributed by atoms with Crippen molar-refractivity contribution >= 4 is 0 Å². The van der Waals surface area contributed by atoms with Gasteiger partial charge in [0.15, 0.2) is 0 Å². The quantitative estimate of drug-likeness (QED) is 0.605. The van der Waals surface area contributed by atoms with Gasteiger partial charge in [0.1, 0.15) is 0 Å². The Balaban J connectivity index is 2.42. The molecule has 0 N–H and O–H groups in total. The van der Waals surface area contributed by atoms with Crippen molar-refractivity contribution < 1.29 is 4.74 Å². The SMILES string of the molecule is COCCn1ncc(C)n1. The summed E-state index contributed by atoms with van der Waals surface area (Å²) in [7, 11) is 1.66. The first-order valence-electron chi connectivity index (χ1n) is 3.18. The lowest BCUT2D eigenvalue weighted by molar-refractivity contribution is 0.178. The van der Waals surface area contributed by atoms with Gasteiger partial charge < -0.3 is 4.74 Å². The van der Waals surface area contributed by atoms with Crippen LogP contribution in [0.3, 0.4) is 0 Å². The molecule has 0 atom stereocenters. The lowest BCUT2D eigenvalue weighted by Crippen LogP contribution is -2.07. The Morgan fingerprint density at radius 3 is 3.00 bits per heavy atom. The van der Waals surface area contributed by atoms with E-state index in [1.165, 1.54) is 0 Å². The number of ether oxygens (including phenoxy) is 1. The summed E-state index contributed by atoms with van der Waals surface area (Å²) in [6.45, 7) is 3.30. The molecule has 0 fully saturated rings. The Morgan fingerprint density at radius 2 is 2.50 bits per heavy atom. The van der Waals surface area contributed by atoms with Crippen molar-refractivity contribution in [3.8, 4) is 0 Å². The van der Waals surface area contributed by atoms with Crippen LogP contribution in [-0.4, -0.2) is 28.7 Å². The van der Waals surface area contributed by atoms with Crippen LogP contribution in [0.2, 0.25) is 0 Å². The lowest BCUT2D eigenvalue weighted by atomic mass is 10.6. The molecule has 1 heterocycles. The molecule has 4 heteroatoms. The van der Waals surface area contributed by atoms with Crippen LogP contribution in [0.5, 0.6) is 0 Å². The van der Waals surface area contributed by atoms with Gasteiger partial charge in [-0.05, 0) is 6.92 Å². The maximum absolute atomic E-state index is 4.85. The van der Waals surface area contributed by atoms with Gasteiger partial charge in [0.05, 0.1) is 25.0 Å². The number of hydrogen-bond acceptors (Lipinski definition) is 3. The highest BCUT2D eigenvalue weighted by Crippen LogP contribution is 1.86. The van der Waals surface area contributed by atoms with Crippen LogP contribution in [0.25, 0.3) is 0 Å². The van der Waals surface area contributed by atoms with Crippen LogP contribution in [0.4, 0.5) is 0 Å². The van der Waals surface area contributed by atoms with Crippen LogP contribution >= 0.6 is 0 Å². The van der Waals surface area contributed by atoms with Gasteiger partial charge in [0, 0.05) is 7.11 Å². The Kier molecular flexibility index (Phi) is 2.39. The van der Waals surface area contributed by atoms with Crippen LogP contribution in [0, 0.1) is 6.92 Å². The van der Waals surface area contributed by atoms with Gasteiger partial charge in [0.2, 0.25) is 0 Å². The fourth-order valence-electron chi connectivity index (χ4n) is 0.665. The van der Waals surface area contributed by atoms with Gasteiger partial charge in [-0.1, -0.05) is 0 Å². The first-order valence-corrected chi connectivity index (χ1v) is 3.18. The molecule has 0 amide bonds. The van der Waals surface area contributed by atoms with Crippen LogP contribution in [0.15, 0.2) is 6.20 Å². The third-order valence-corrected chi connectivity index (χ3v) is 1.15. The van der Waals surface area contributed by atoms with E-state index in [1.54, 1.807) is 18.1 Å². The predicted molar refractivity (Wildman–Crippen MR) is 36.6 cm³/mol. The summed E-state index contributed by atoms with van der Waals surface area (Å²) in [4.78, 5) is 1.62. The molecule has 10 heavy (non-hydrogen) atoms. The molecule has 0 bridgehead atoms. The molecule has 0 spiro atoms. The first kappa shape index (κ1) is 7.21. The monoisotopic (exact) mass is 141 g/mol. The number of hydrogen-bond donors (Lipinski definition) is 0. The summed E-state index contributed by atoms with van der Waals surface area (Å²) in [5.41, 5.74) is 0.941. The van der Waals surface area contributed by atoms with E-state index < -0.39 is 0 Å². The van der Waals surface area contributed by atoms with E-state index in [0.29, 0.717) is 6.61 Å². The molecule has 0 saturated heterocycles. The van der Waals surface area contributed by atoms with Crippen molar-refractivity contribution in [2.75, 3.05) is 13.7 Å². The average molecular weight is 141 g/mol. The third kappa shape index (κ3) is 1.80. The second kappa shape index (κ2) is 3.31. The molecule has 0 unspecified atom stereocenters. The van der Waals surface area contributed by atoms with Crippen molar-refractivity contribution in [2.24, 2.45) is 0 Å². The Bertz CT molecular complexity index is 197. The first-order chi connectivity index (χ1) is 4.83. The van der Waals surface area contributed by atoms with Gasteiger partial charge in [-0.3, -0.25) is 0 Å². The molecule has 0 aliphatic rings. The minimum absolute atomic E-state index is 0.661. The van der Waals surface area contributed by atoms with Crippen molar-refractivity contribution in [1.29, 1.82) is 0 Å². The van der Waals surface area contributed by atoms with E-state index >= 15 is 0 Å². The summed E-state index contributed by atoms with van der Waals surface area (Å²) in [6.07, 6.45) is 1.73. The number of aryl methyl sites for hydroxylation is 1. The average Bonchev–Trinajstić information content (AvgIpc) is 2.31. The molecule has 1 aromatic rings. The molecule has 0 saturated carbocycles. The Morgan fingerprint density at radius 1 is 1.70 bits per heavy atom.